The second-order valence-corrected chi connectivity index (χ2v) is 8.04. The summed E-state index contributed by atoms with van der Waals surface area (Å²) in [5.74, 6) is -0.781. The third kappa shape index (κ3) is 4.36. The first-order chi connectivity index (χ1) is 15.4. The second-order valence-electron chi connectivity index (χ2n) is 7.64. The van der Waals surface area contributed by atoms with Crippen LogP contribution in [0.15, 0.2) is 36.4 Å². The van der Waals surface area contributed by atoms with Crippen molar-refractivity contribution in [3.05, 3.63) is 58.5 Å². The Bertz CT molecular complexity index is 1190. The number of aromatic nitrogens is 1. The maximum atomic E-state index is 14.1. The van der Waals surface area contributed by atoms with Crippen LogP contribution in [0.5, 0.6) is 11.5 Å². The van der Waals surface area contributed by atoms with E-state index in [-0.39, 0.29) is 30.1 Å². The molecule has 1 heterocycles. The third-order valence-corrected chi connectivity index (χ3v) is 5.85. The Morgan fingerprint density at radius 1 is 1.28 bits per heavy atom. The molecule has 1 aromatic heterocycles. The number of aliphatic carboxylic acids is 1. The van der Waals surface area contributed by atoms with E-state index in [1.165, 1.54) is 19.2 Å². The Morgan fingerprint density at radius 3 is 2.75 bits per heavy atom. The van der Waals surface area contributed by atoms with E-state index in [2.05, 4.69) is 5.32 Å². The summed E-state index contributed by atoms with van der Waals surface area (Å²) < 4.78 is 26.5. The summed E-state index contributed by atoms with van der Waals surface area (Å²) in [7, 11) is 1.53. The number of nitrogens with zero attached hydrogens (tertiary/aromatic N) is 1. The predicted octanol–water partition coefficient (Wildman–Crippen LogP) is 3.58. The lowest BCUT2D eigenvalue weighted by molar-refractivity contribution is -0.137. The van der Waals surface area contributed by atoms with E-state index in [1.807, 2.05) is 0 Å². The molecule has 0 fully saturated rings. The van der Waals surface area contributed by atoms with Crippen LogP contribution in [0.4, 0.5) is 4.39 Å². The van der Waals surface area contributed by atoms with Gasteiger partial charge in [-0.2, -0.15) is 0 Å². The standard InChI is InChI=1S/C23H22ClFN2O5/c1-31-19-4-2-3-5-20(19)32-12-21(28)26-14-6-7-18-15(10-14)16-8-13(25)9-17(24)23(16)27(18)11-22(29)30/h2-5,8-9,14H,6-7,10-12H2,1H3,(H,26,28)(H,29,30)/t14-/m1/s1. The number of fused-ring (bicyclic) bond motifs is 3. The Hall–Kier alpha value is -3.26. The average molecular weight is 461 g/mol. The molecule has 0 spiro atoms. The Balaban J connectivity index is 1.52. The minimum atomic E-state index is -1.01. The van der Waals surface area contributed by atoms with Gasteiger partial charge >= 0.3 is 5.97 Å². The second kappa shape index (κ2) is 9.08. The number of nitrogens with one attached hydrogen (secondary N) is 1. The van der Waals surface area contributed by atoms with Crippen molar-refractivity contribution in [3.8, 4) is 11.5 Å². The predicted molar refractivity (Wildman–Crippen MR) is 117 cm³/mol. The van der Waals surface area contributed by atoms with E-state index in [0.29, 0.717) is 41.7 Å². The fourth-order valence-corrected chi connectivity index (χ4v) is 4.59. The smallest absolute Gasteiger partial charge is 0.323 e. The number of ether oxygens (including phenoxy) is 2. The lowest BCUT2D eigenvalue weighted by atomic mass is 9.91. The van der Waals surface area contributed by atoms with Crippen LogP contribution in [-0.4, -0.2) is 41.3 Å². The van der Waals surface area contributed by atoms with Crippen molar-refractivity contribution in [2.24, 2.45) is 0 Å². The van der Waals surface area contributed by atoms with E-state index in [1.54, 1.807) is 28.8 Å². The third-order valence-electron chi connectivity index (χ3n) is 5.56. The molecular formula is C23H22ClFN2O5. The number of carbonyl (C=O) groups is 2. The number of methoxy groups -OCH3 is 1. The summed E-state index contributed by atoms with van der Waals surface area (Å²) >= 11 is 6.27. The summed E-state index contributed by atoms with van der Waals surface area (Å²) in [5, 5.41) is 13.0. The van der Waals surface area contributed by atoms with E-state index >= 15 is 0 Å². The molecule has 2 N–H and O–H groups in total. The van der Waals surface area contributed by atoms with Gasteiger partial charge in [0.1, 0.15) is 12.4 Å². The van der Waals surface area contributed by atoms with Crippen molar-refractivity contribution < 1.29 is 28.6 Å². The van der Waals surface area contributed by atoms with Crippen LogP contribution in [0, 0.1) is 5.82 Å². The highest BCUT2D eigenvalue weighted by molar-refractivity contribution is 6.35. The highest BCUT2D eigenvalue weighted by atomic mass is 35.5. The minimum Gasteiger partial charge on any atom is -0.493 e. The number of benzene rings is 2. The lowest BCUT2D eigenvalue weighted by Crippen LogP contribution is -2.41. The van der Waals surface area contributed by atoms with Crippen molar-refractivity contribution in [2.75, 3.05) is 13.7 Å². The highest BCUT2D eigenvalue weighted by Gasteiger charge is 2.28. The van der Waals surface area contributed by atoms with Gasteiger partial charge in [0, 0.05) is 17.1 Å². The molecule has 32 heavy (non-hydrogen) atoms. The maximum Gasteiger partial charge on any atom is 0.323 e. The quantitative estimate of drug-likeness (QED) is 0.562. The van der Waals surface area contributed by atoms with Crippen molar-refractivity contribution in [1.82, 2.24) is 9.88 Å². The normalized spacial score (nSPS) is 15.3. The number of halogens is 2. The lowest BCUT2D eigenvalue weighted by Gasteiger charge is -2.25. The van der Waals surface area contributed by atoms with Crippen molar-refractivity contribution in [2.45, 2.75) is 31.8 Å². The Morgan fingerprint density at radius 2 is 2.03 bits per heavy atom. The molecule has 0 radical (unpaired) electrons. The van der Waals surface area contributed by atoms with Gasteiger partial charge in [-0.15, -0.1) is 0 Å². The molecule has 1 aliphatic rings. The maximum absolute atomic E-state index is 14.1. The van der Waals surface area contributed by atoms with Gasteiger partial charge in [-0.1, -0.05) is 23.7 Å². The summed E-state index contributed by atoms with van der Waals surface area (Å²) in [6.07, 6.45) is 1.59. The topological polar surface area (TPSA) is 89.8 Å². The molecule has 1 amide bonds. The molecule has 0 saturated heterocycles. The van der Waals surface area contributed by atoms with E-state index < -0.39 is 11.8 Å². The molecule has 7 nitrogen and oxygen atoms in total. The van der Waals surface area contributed by atoms with Crippen molar-refractivity contribution in [3.63, 3.8) is 0 Å². The molecule has 3 aromatic rings. The molecular weight excluding hydrogens is 439 g/mol. The van der Waals surface area contributed by atoms with Gasteiger partial charge in [-0.05, 0) is 49.1 Å². The van der Waals surface area contributed by atoms with Gasteiger partial charge in [0.2, 0.25) is 0 Å². The highest BCUT2D eigenvalue weighted by Crippen LogP contribution is 2.36. The van der Waals surface area contributed by atoms with Crippen molar-refractivity contribution >= 4 is 34.4 Å². The van der Waals surface area contributed by atoms with Crippen molar-refractivity contribution in [1.29, 1.82) is 0 Å². The SMILES string of the molecule is COc1ccccc1OCC(=O)N[C@@H]1CCc2c(c3cc(F)cc(Cl)c3n2CC(=O)O)C1. The summed E-state index contributed by atoms with van der Waals surface area (Å²) in [6.45, 7) is -0.439. The van der Waals surface area contributed by atoms with E-state index in [0.717, 1.165) is 11.3 Å². The largest absolute Gasteiger partial charge is 0.493 e. The Kier molecular flexibility index (Phi) is 6.23. The van der Waals surface area contributed by atoms with Crippen LogP contribution in [0.2, 0.25) is 5.02 Å². The first kappa shape index (κ1) is 22.0. The van der Waals surface area contributed by atoms with Crippen LogP contribution in [0.25, 0.3) is 10.9 Å². The summed E-state index contributed by atoms with van der Waals surface area (Å²) in [6, 6.07) is 9.41. The monoisotopic (exact) mass is 460 g/mol. The van der Waals surface area contributed by atoms with Crippen LogP contribution in [-0.2, 0) is 29.0 Å². The molecule has 4 rings (SSSR count). The number of carbonyl (C=O) groups excluding carboxylic acids is 1. The minimum absolute atomic E-state index is 0.168. The Labute approximate surface area is 188 Å². The van der Waals surface area contributed by atoms with Gasteiger partial charge in [-0.25, -0.2) is 4.39 Å². The number of carboxylic acid groups (broad SMARTS) is 1. The van der Waals surface area contributed by atoms with Gasteiger partial charge < -0.3 is 24.5 Å². The van der Waals surface area contributed by atoms with E-state index in [9.17, 15) is 19.1 Å². The molecule has 0 aliphatic heterocycles. The molecule has 0 saturated carbocycles. The summed E-state index contributed by atoms with van der Waals surface area (Å²) in [5.41, 5.74) is 2.13. The van der Waals surface area contributed by atoms with Crippen LogP contribution >= 0.6 is 11.6 Å². The molecule has 1 aliphatic carbocycles. The molecule has 0 bridgehead atoms. The zero-order chi connectivity index (χ0) is 22.8. The number of hydrogen-bond acceptors (Lipinski definition) is 4. The number of carboxylic acids is 1. The van der Waals surface area contributed by atoms with Gasteiger partial charge in [0.15, 0.2) is 18.1 Å². The van der Waals surface area contributed by atoms with Crippen LogP contribution in [0.3, 0.4) is 0 Å². The van der Waals surface area contributed by atoms with Crippen LogP contribution < -0.4 is 14.8 Å². The van der Waals surface area contributed by atoms with E-state index in [4.69, 9.17) is 21.1 Å². The number of amides is 1. The average Bonchev–Trinajstić information content (AvgIpc) is 3.05. The molecule has 9 heteroatoms. The molecule has 2 aromatic carbocycles. The molecule has 1 atom stereocenters. The van der Waals surface area contributed by atoms with Crippen LogP contribution in [0.1, 0.15) is 17.7 Å². The first-order valence-electron chi connectivity index (χ1n) is 10.1. The van der Waals surface area contributed by atoms with Gasteiger partial charge in [-0.3, -0.25) is 9.59 Å². The van der Waals surface area contributed by atoms with Gasteiger partial charge in [0.05, 0.1) is 17.6 Å². The number of para-hydroxylation sites is 2. The zero-order valence-corrected chi connectivity index (χ0v) is 18.1. The first-order valence-corrected chi connectivity index (χ1v) is 10.5. The number of rotatable bonds is 7. The fraction of sp³-hybridized carbons (Fsp3) is 0.304. The molecule has 0 unspecified atom stereocenters. The number of hydrogen-bond donors (Lipinski definition) is 2. The van der Waals surface area contributed by atoms with Gasteiger partial charge in [0.25, 0.3) is 5.91 Å². The molecule has 168 valence electrons. The zero-order valence-electron chi connectivity index (χ0n) is 17.4. The summed E-state index contributed by atoms with van der Waals surface area (Å²) in [4.78, 5) is 23.9. The fourth-order valence-electron chi connectivity index (χ4n) is 4.28.